The molecule has 0 unspecified atom stereocenters. The van der Waals surface area contributed by atoms with Crippen LogP contribution >= 0.6 is 0 Å². The number of rotatable bonds is 3. The van der Waals surface area contributed by atoms with Crippen molar-refractivity contribution < 1.29 is 9.18 Å². The monoisotopic (exact) mass is 229 g/mol. The topological polar surface area (TPSA) is 30.0 Å². The molecule has 2 nitrogen and oxygen atoms in total. The van der Waals surface area contributed by atoms with Crippen LogP contribution < -0.4 is 0 Å². The molecule has 0 aliphatic carbocycles. The number of carbonyl (C=O) groups is 1. The summed E-state index contributed by atoms with van der Waals surface area (Å²) in [4.78, 5) is 15.2. The highest BCUT2D eigenvalue weighted by atomic mass is 19.1. The van der Waals surface area contributed by atoms with Gasteiger partial charge in [-0.3, -0.25) is 9.78 Å². The molecule has 3 heteroatoms. The summed E-state index contributed by atoms with van der Waals surface area (Å²) >= 11 is 0. The summed E-state index contributed by atoms with van der Waals surface area (Å²) in [5, 5.41) is 0. The molecular weight excluding hydrogens is 217 g/mol. The summed E-state index contributed by atoms with van der Waals surface area (Å²) < 4.78 is 12.9. The molecule has 0 aliphatic rings. The molecule has 0 radical (unpaired) electrons. The maximum Gasteiger partial charge on any atom is 0.150 e. The number of aldehydes is 1. The molecule has 0 bridgehead atoms. The predicted molar refractivity (Wildman–Crippen MR) is 64.4 cm³/mol. The van der Waals surface area contributed by atoms with Crippen molar-refractivity contribution in [2.24, 2.45) is 0 Å². The first-order valence-corrected chi connectivity index (χ1v) is 5.45. The molecule has 0 fully saturated rings. The smallest absolute Gasteiger partial charge is 0.150 e. The lowest BCUT2D eigenvalue weighted by molar-refractivity contribution is 0.112. The van der Waals surface area contributed by atoms with Crippen LogP contribution in [-0.2, 0) is 6.42 Å². The van der Waals surface area contributed by atoms with E-state index in [4.69, 9.17) is 0 Å². The molecule has 2 aromatic rings. The van der Waals surface area contributed by atoms with E-state index in [-0.39, 0.29) is 5.82 Å². The predicted octanol–water partition coefficient (Wildman–Crippen LogP) is 3.26. The highest BCUT2D eigenvalue weighted by molar-refractivity contribution is 5.81. The lowest BCUT2D eigenvalue weighted by Gasteiger charge is -2.08. The van der Waals surface area contributed by atoms with Crippen molar-refractivity contribution in [2.75, 3.05) is 0 Å². The lowest BCUT2D eigenvalue weighted by Crippen LogP contribution is -1.97. The second-order valence-electron chi connectivity index (χ2n) is 3.71. The van der Waals surface area contributed by atoms with Gasteiger partial charge in [-0.25, -0.2) is 4.39 Å². The fraction of sp³-hybridized carbons (Fsp3) is 0.143. The van der Waals surface area contributed by atoms with Gasteiger partial charge >= 0.3 is 0 Å². The van der Waals surface area contributed by atoms with Gasteiger partial charge in [0.15, 0.2) is 0 Å². The zero-order chi connectivity index (χ0) is 12.3. The Bertz CT molecular complexity index is 534. The molecule has 0 saturated carbocycles. The Labute approximate surface area is 99.1 Å². The van der Waals surface area contributed by atoms with Gasteiger partial charge in [0.05, 0.1) is 5.69 Å². The average molecular weight is 229 g/mol. The molecular formula is C14H12FNO. The number of pyridine rings is 1. The quantitative estimate of drug-likeness (QED) is 0.756. The van der Waals surface area contributed by atoms with Crippen molar-refractivity contribution in [1.82, 2.24) is 4.98 Å². The zero-order valence-electron chi connectivity index (χ0n) is 9.48. The van der Waals surface area contributed by atoms with Crippen LogP contribution in [0.2, 0.25) is 0 Å². The first-order valence-electron chi connectivity index (χ1n) is 5.45. The van der Waals surface area contributed by atoms with Crippen LogP contribution in [-0.4, -0.2) is 11.3 Å². The van der Waals surface area contributed by atoms with Crippen LogP contribution in [0.15, 0.2) is 36.5 Å². The van der Waals surface area contributed by atoms with Gasteiger partial charge in [0.25, 0.3) is 0 Å². The Morgan fingerprint density at radius 3 is 2.53 bits per heavy atom. The van der Waals surface area contributed by atoms with E-state index in [1.54, 1.807) is 24.4 Å². The normalized spacial score (nSPS) is 10.2. The number of hydrogen-bond donors (Lipinski definition) is 0. The summed E-state index contributed by atoms with van der Waals surface area (Å²) in [6.45, 7) is 1.97. The number of nitrogens with zero attached hydrogens (tertiary/aromatic N) is 1. The molecule has 0 amide bonds. The van der Waals surface area contributed by atoms with E-state index in [1.807, 2.05) is 6.92 Å². The largest absolute Gasteiger partial charge is 0.298 e. The molecule has 0 atom stereocenters. The highest BCUT2D eigenvalue weighted by Gasteiger charge is 2.09. The SMILES string of the molecule is CCc1c(C=O)ccnc1-c1ccc(F)cc1. The molecule has 0 saturated heterocycles. The van der Waals surface area contributed by atoms with Crippen LogP contribution in [0, 0.1) is 5.82 Å². The van der Waals surface area contributed by atoms with Gasteiger partial charge in [-0.1, -0.05) is 6.92 Å². The van der Waals surface area contributed by atoms with E-state index < -0.39 is 0 Å². The third-order valence-electron chi connectivity index (χ3n) is 2.69. The maximum atomic E-state index is 12.9. The van der Waals surface area contributed by atoms with Crippen molar-refractivity contribution in [2.45, 2.75) is 13.3 Å². The standard InChI is InChI=1S/C14H12FNO/c1-2-13-11(9-17)7-8-16-14(13)10-3-5-12(15)6-4-10/h3-9H,2H2,1H3. The molecule has 17 heavy (non-hydrogen) atoms. The van der Waals surface area contributed by atoms with E-state index >= 15 is 0 Å². The van der Waals surface area contributed by atoms with Crippen molar-refractivity contribution in [1.29, 1.82) is 0 Å². The Morgan fingerprint density at radius 2 is 1.94 bits per heavy atom. The Hall–Kier alpha value is -2.03. The fourth-order valence-electron chi connectivity index (χ4n) is 1.85. The van der Waals surface area contributed by atoms with E-state index in [0.717, 1.165) is 23.1 Å². The molecule has 2 rings (SSSR count). The second-order valence-corrected chi connectivity index (χ2v) is 3.71. The van der Waals surface area contributed by atoms with Gasteiger partial charge < -0.3 is 0 Å². The zero-order valence-corrected chi connectivity index (χ0v) is 9.48. The molecule has 86 valence electrons. The molecule has 1 heterocycles. The van der Waals surface area contributed by atoms with Crippen molar-refractivity contribution in [3.8, 4) is 11.3 Å². The Morgan fingerprint density at radius 1 is 1.24 bits per heavy atom. The van der Waals surface area contributed by atoms with E-state index in [2.05, 4.69) is 4.98 Å². The van der Waals surface area contributed by atoms with E-state index in [1.165, 1.54) is 12.1 Å². The number of halogens is 1. The summed E-state index contributed by atoms with van der Waals surface area (Å²) in [7, 11) is 0. The van der Waals surface area contributed by atoms with Gasteiger partial charge in [-0.05, 0) is 42.3 Å². The number of benzene rings is 1. The van der Waals surface area contributed by atoms with Gasteiger partial charge in [0, 0.05) is 17.3 Å². The van der Waals surface area contributed by atoms with Gasteiger partial charge in [-0.2, -0.15) is 0 Å². The second kappa shape index (κ2) is 4.87. The van der Waals surface area contributed by atoms with Crippen LogP contribution in [0.1, 0.15) is 22.8 Å². The summed E-state index contributed by atoms with van der Waals surface area (Å²) in [5.41, 5.74) is 3.11. The first kappa shape index (κ1) is 11.5. The summed E-state index contributed by atoms with van der Waals surface area (Å²) in [6.07, 6.45) is 3.14. The van der Waals surface area contributed by atoms with Gasteiger partial charge in [0.1, 0.15) is 12.1 Å². The highest BCUT2D eigenvalue weighted by Crippen LogP contribution is 2.24. The first-order chi connectivity index (χ1) is 8.26. The Kier molecular flexibility index (Phi) is 3.28. The van der Waals surface area contributed by atoms with Crippen LogP contribution in [0.4, 0.5) is 4.39 Å². The van der Waals surface area contributed by atoms with E-state index in [0.29, 0.717) is 12.0 Å². The lowest BCUT2D eigenvalue weighted by atomic mass is 10.00. The number of aromatic nitrogens is 1. The molecule has 1 aromatic carbocycles. The third kappa shape index (κ3) is 2.23. The molecule has 0 aliphatic heterocycles. The third-order valence-corrected chi connectivity index (χ3v) is 2.69. The number of carbonyl (C=O) groups excluding carboxylic acids is 1. The van der Waals surface area contributed by atoms with Gasteiger partial charge in [-0.15, -0.1) is 0 Å². The molecule has 1 aromatic heterocycles. The minimum atomic E-state index is -0.279. The minimum absolute atomic E-state index is 0.279. The summed E-state index contributed by atoms with van der Waals surface area (Å²) in [6, 6.07) is 7.82. The minimum Gasteiger partial charge on any atom is -0.298 e. The Balaban J connectivity index is 2.58. The number of hydrogen-bond acceptors (Lipinski definition) is 2. The summed E-state index contributed by atoms with van der Waals surface area (Å²) in [5.74, 6) is -0.279. The van der Waals surface area contributed by atoms with Crippen LogP contribution in [0.5, 0.6) is 0 Å². The van der Waals surface area contributed by atoms with Crippen molar-refractivity contribution in [3.63, 3.8) is 0 Å². The van der Waals surface area contributed by atoms with Crippen molar-refractivity contribution in [3.05, 3.63) is 53.5 Å². The van der Waals surface area contributed by atoms with E-state index in [9.17, 15) is 9.18 Å². The van der Waals surface area contributed by atoms with Crippen LogP contribution in [0.3, 0.4) is 0 Å². The average Bonchev–Trinajstić information content (AvgIpc) is 2.38. The molecule has 0 spiro atoms. The molecule has 0 N–H and O–H groups in total. The van der Waals surface area contributed by atoms with Gasteiger partial charge in [0.2, 0.25) is 0 Å². The van der Waals surface area contributed by atoms with Crippen LogP contribution in [0.25, 0.3) is 11.3 Å². The van der Waals surface area contributed by atoms with Crippen molar-refractivity contribution >= 4 is 6.29 Å². The maximum absolute atomic E-state index is 12.9. The fourth-order valence-corrected chi connectivity index (χ4v) is 1.85.